The van der Waals surface area contributed by atoms with Crippen LogP contribution in [-0.4, -0.2) is 61.0 Å². The van der Waals surface area contributed by atoms with Crippen LogP contribution in [0.25, 0.3) is 0 Å². The lowest BCUT2D eigenvalue weighted by Gasteiger charge is -2.36. The number of anilines is 3. The van der Waals surface area contributed by atoms with Crippen molar-refractivity contribution in [2.45, 2.75) is 34.1 Å². The molecular weight excluding hydrogens is 372 g/mol. The van der Waals surface area contributed by atoms with Crippen molar-refractivity contribution >= 4 is 34.9 Å². The highest BCUT2D eigenvalue weighted by molar-refractivity contribution is 7.80. The van der Waals surface area contributed by atoms with Gasteiger partial charge < -0.3 is 25.2 Å². The van der Waals surface area contributed by atoms with Crippen LogP contribution in [0.1, 0.15) is 34.1 Å². The second kappa shape index (κ2) is 9.69. The standard InChI is InChI=1S/C20H34N6OS/c1-14(2)11-21-20(28)24-19-22-17(25-5-7-27-8-6-25)10-18(23-19)26-12-15(3)9-16(4)13-26/h10,14-16H,5-9,11-13H2,1-4H3,(H2,21,22,23,24,28)/t15-,16-/m1/s1. The Balaban J connectivity index is 1.82. The van der Waals surface area contributed by atoms with Crippen molar-refractivity contribution in [3.63, 3.8) is 0 Å². The number of aromatic nitrogens is 2. The lowest BCUT2D eigenvalue weighted by Crippen LogP contribution is -2.40. The van der Waals surface area contributed by atoms with Crippen molar-refractivity contribution < 1.29 is 4.74 Å². The fraction of sp³-hybridized carbons (Fsp3) is 0.750. The summed E-state index contributed by atoms with van der Waals surface area (Å²) in [5.41, 5.74) is 0. The molecule has 0 spiro atoms. The Morgan fingerprint density at radius 3 is 2.36 bits per heavy atom. The van der Waals surface area contributed by atoms with E-state index in [2.05, 4.69) is 54.2 Å². The molecule has 0 saturated carbocycles. The zero-order chi connectivity index (χ0) is 20.1. The van der Waals surface area contributed by atoms with E-state index >= 15 is 0 Å². The number of thiocarbonyl (C=S) groups is 1. The maximum absolute atomic E-state index is 5.50. The average molecular weight is 407 g/mol. The summed E-state index contributed by atoms with van der Waals surface area (Å²) in [6.07, 6.45) is 1.27. The van der Waals surface area contributed by atoms with Crippen LogP contribution in [0.4, 0.5) is 17.6 Å². The van der Waals surface area contributed by atoms with Gasteiger partial charge in [-0.2, -0.15) is 9.97 Å². The molecule has 0 aliphatic carbocycles. The normalized spacial score (nSPS) is 23.0. The van der Waals surface area contributed by atoms with E-state index in [-0.39, 0.29) is 0 Å². The van der Waals surface area contributed by atoms with Crippen LogP contribution in [0.2, 0.25) is 0 Å². The molecule has 3 heterocycles. The molecule has 2 fully saturated rings. The molecule has 1 aromatic rings. The Kier molecular flexibility index (Phi) is 7.29. The van der Waals surface area contributed by atoms with Gasteiger partial charge in [0.1, 0.15) is 11.6 Å². The number of hydrogen-bond donors (Lipinski definition) is 2. The summed E-state index contributed by atoms with van der Waals surface area (Å²) in [5.74, 6) is 4.32. The highest BCUT2D eigenvalue weighted by atomic mass is 32.1. The molecule has 3 rings (SSSR count). The summed E-state index contributed by atoms with van der Waals surface area (Å²) in [4.78, 5) is 14.2. The molecule has 2 N–H and O–H groups in total. The number of hydrogen-bond acceptors (Lipinski definition) is 6. The van der Waals surface area contributed by atoms with E-state index in [0.717, 1.165) is 57.6 Å². The van der Waals surface area contributed by atoms with E-state index in [4.69, 9.17) is 26.9 Å². The minimum Gasteiger partial charge on any atom is -0.378 e. The Morgan fingerprint density at radius 1 is 1.14 bits per heavy atom. The van der Waals surface area contributed by atoms with Gasteiger partial charge in [0.05, 0.1) is 13.2 Å². The first kappa shape index (κ1) is 21.0. The summed E-state index contributed by atoms with van der Waals surface area (Å²) in [7, 11) is 0. The van der Waals surface area contributed by atoms with Gasteiger partial charge in [-0.3, -0.25) is 0 Å². The van der Waals surface area contributed by atoms with Crippen molar-refractivity contribution in [3.8, 4) is 0 Å². The van der Waals surface area contributed by atoms with Gasteiger partial charge in [-0.25, -0.2) is 0 Å². The van der Waals surface area contributed by atoms with Crippen molar-refractivity contribution in [1.29, 1.82) is 0 Å². The fourth-order valence-electron chi connectivity index (χ4n) is 3.89. The van der Waals surface area contributed by atoms with E-state index in [1.165, 1.54) is 6.42 Å². The lowest BCUT2D eigenvalue weighted by molar-refractivity contribution is 0.122. The maximum Gasteiger partial charge on any atom is 0.232 e. The Labute approximate surface area is 174 Å². The molecule has 2 saturated heterocycles. The van der Waals surface area contributed by atoms with Crippen LogP contribution >= 0.6 is 12.2 Å². The Hall–Kier alpha value is -1.67. The minimum atomic E-state index is 0.521. The number of ether oxygens (including phenoxy) is 1. The number of nitrogens with zero attached hydrogens (tertiary/aromatic N) is 4. The quantitative estimate of drug-likeness (QED) is 0.724. The van der Waals surface area contributed by atoms with E-state index in [9.17, 15) is 0 Å². The number of rotatable bonds is 5. The molecule has 28 heavy (non-hydrogen) atoms. The van der Waals surface area contributed by atoms with Crippen molar-refractivity contribution in [2.24, 2.45) is 17.8 Å². The van der Waals surface area contributed by atoms with Crippen LogP contribution in [-0.2, 0) is 4.74 Å². The molecule has 0 radical (unpaired) electrons. The zero-order valence-corrected chi connectivity index (χ0v) is 18.4. The summed E-state index contributed by atoms with van der Waals surface area (Å²) >= 11 is 5.44. The van der Waals surface area contributed by atoms with E-state index in [1.807, 2.05) is 0 Å². The van der Waals surface area contributed by atoms with Crippen LogP contribution in [0.5, 0.6) is 0 Å². The minimum absolute atomic E-state index is 0.521. The molecule has 2 aliphatic heterocycles. The SMILES string of the molecule is CC(C)CNC(=S)Nc1nc(N2CCOCC2)cc(N2C[C@H](C)C[C@@H](C)C2)n1. The van der Waals surface area contributed by atoms with Gasteiger partial charge in [0.25, 0.3) is 0 Å². The van der Waals surface area contributed by atoms with Crippen LogP contribution in [0, 0.1) is 17.8 Å². The maximum atomic E-state index is 5.50. The average Bonchev–Trinajstić information content (AvgIpc) is 2.66. The largest absolute Gasteiger partial charge is 0.378 e. The first-order valence-electron chi connectivity index (χ1n) is 10.4. The zero-order valence-electron chi connectivity index (χ0n) is 17.6. The fourth-order valence-corrected chi connectivity index (χ4v) is 4.06. The van der Waals surface area contributed by atoms with E-state index in [0.29, 0.717) is 28.8 Å². The summed E-state index contributed by atoms with van der Waals surface area (Å²) in [6, 6.07) is 2.12. The first-order valence-corrected chi connectivity index (χ1v) is 10.8. The molecule has 0 bridgehead atoms. The third-order valence-electron chi connectivity index (χ3n) is 5.12. The smallest absolute Gasteiger partial charge is 0.232 e. The predicted octanol–water partition coefficient (Wildman–Crippen LogP) is 2.74. The molecule has 2 aliphatic rings. The lowest BCUT2D eigenvalue weighted by atomic mass is 9.92. The molecule has 0 aromatic carbocycles. The number of piperidine rings is 1. The monoisotopic (exact) mass is 406 g/mol. The van der Waals surface area contributed by atoms with Gasteiger partial charge in [0, 0.05) is 38.8 Å². The van der Waals surface area contributed by atoms with Gasteiger partial charge in [-0.05, 0) is 36.4 Å². The summed E-state index contributed by atoms with van der Waals surface area (Å²) in [6.45, 7) is 15.0. The summed E-state index contributed by atoms with van der Waals surface area (Å²) in [5, 5.41) is 7.00. The van der Waals surface area contributed by atoms with Crippen LogP contribution in [0.15, 0.2) is 6.07 Å². The van der Waals surface area contributed by atoms with Gasteiger partial charge >= 0.3 is 0 Å². The third-order valence-corrected chi connectivity index (χ3v) is 5.37. The number of nitrogens with one attached hydrogen (secondary N) is 2. The van der Waals surface area contributed by atoms with Gasteiger partial charge in [0.15, 0.2) is 5.11 Å². The first-order chi connectivity index (χ1) is 13.4. The van der Waals surface area contributed by atoms with Crippen LogP contribution < -0.4 is 20.4 Å². The Morgan fingerprint density at radius 2 is 1.75 bits per heavy atom. The van der Waals surface area contributed by atoms with Crippen molar-refractivity contribution in [1.82, 2.24) is 15.3 Å². The summed E-state index contributed by atoms with van der Waals surface area (Å²) < 4.78 is 5.50. The Bertz CT molecular complexity index is 654. The highest BCUT2D eigenvalue weighted by Gasteiger charge is 2.25. The second-order valence-electron chi connectivity index (χ2n) is 8.59. The third kappa shape index (κ3) is 5.91. The molecular formula is C20H34N6OS. The van der Waals surface area contributed by atoms with Gasteiger partial charge in [0.2, 0.25) is 5.95 Å². The highest BCUT2D eigenvalue weighted by Crippen LogP contribution is 2.28. The topological polar surface area (TPSA) is 65.6 Å². The van der Waals surface area contributed by atoms with Gasteiger partial charge in [-0.1, -0.05) is 27.7 Å². The second-order valence-corrected chi connectivity index (χ2v) is 9.00. The van der Waals surface area contributed by atoms with E-state index < -0.39 is 0 Å². The predicted molar refractivity (Wildman–Crippen MR) is 119 cm³/mol. The van der Waals surface area contributed by atoms with Gasteiger partial charge in [-0.15, -0.1) is 0 Å². The molecule has 7 nitrogen and oxygen atoms in total. The van der Waals surface area contributed by atoms with E-state index in [1.54, 1.807) is 0 Å². The van der Waals surface area contributed by atoms with Crippen molar-refractivity contribution in [2.75, 3.05) is 61.1 Å². The van der Waals surface area contributed by atoms with Crippen molar-refractivity contribution in [3.05, 3.63) is 6.07 Å². The molecule has 0 amide bonds. The number of morpholine rings is 1. The molecule has 2 atom stereocenters. The molecule has 156 valence electrons. The molecule has 8 heteroatoms. The van der Waals surface area contributed by atoms with Crippen LogP contribution in [0.3, 0.4) is 0 Å². The molecule has 0 unspecified atom stereocenters. The molecule has 1 aromatic heterocycles.